The number of Topliss-reactive ketones (excluding diaryl/α,β-unsaturated/α-hetero) is 1. The maximum atomic E-state index is 12.5. The van der Waals surface area contributed by atoms with E-state index in [0.717, 1.165) is 11.6 Å². The lowest BCUT2D eigenvalue weighted by molar-refractivity contribution is 0.0818. The average Bonchev–Trinajstić information content (AvgIpc) is 2.60. The maximum Gasteiger partial charge on any atom is 0.336 e. The first-order chi connectivity index (χ1) is 12.7. The minimum Gasteiger partial charge on any atom is -0.482 e. The molecule has 0 aliphatic heterocycles. The van der Waals surface area contributed by atoms with Gasteiger partial charge in [0.2, 0.25) is 15.8 Å². The third kappa shape index (κ3) is 4.73. The van der Waals surface area contributed by atoms with Crippen LogP contribution in [-0.4, -0.2) is 26.6 Å². The molecule has 3 rings (SSSR count). The summed E-state index contributed by atoms with van der Waals surface area (Å²) in [5.41, 5.74) is 0.656. The van der Waals surface area contributed by atoms with Crippen LogP contribution in [0.2, 0.25) is 0 Å². The lowest BCUT2D eigenvalue weighted by atomic mass is 10.1. The molecule has 0 spiro atoms. The van der Waals surface area contributed by atoms with Gasteiger partial charge in [0.25, 0.3) is 0 Å². The van der Waals surface area contributed by atoms with E-state index in [2.05, 4.69) is 4.72 Å². The average molecular weight is 387 g/mol. The molecule has 27 heavy (non-hydrogen) atoms. The third-order valence-electron chi connectivity index (χ3n) is 3.75. The van der Waals surface area contributed by atoms with E-state index in [-0.39, 0.29) is 5.78 Å². The Balaban J connectivity index is 1.74. The Morgan fingerprint density at radius 3 is 2.41 bits per heavy atom. The summed E-state index contributed by atoms with van der Waals surface area (Å²) in [6.45, 7) is 1.61. The molecule has 1 atom stereocenters. The molecule has 0 bridgehead atoms. The second-order valence-electron chi connectivity index (χ2n) is 6.03. The van der Waals surface area contributed by atoms with Gasteiger partial charge in [-0.2, -0.15) is 0 Å². The zero-order valence-electron chi connectivity index (χ0n) is 14.6. The van der Waals surface area contributed by atoms with Crippen molar-refractivity contribution < 1.29 is 22.4 Å². The fraction of sp³-hybridized carbons (Fsp3) is 0.158. The topological polar surface area (TPSA) is 103 Å². The summed E-state index contributed by atoms with van der Waals surface area (Å²) in [6.07, 6.45) is 0.264. The van der Waals surface area contributed by atoms with Gasteiger partial charge in [-0.15, -0.1) is 0 Å². The van der Waals surface area contributed by atoms with Crippen LogP contribution in [0.3, 0.4) is 0 Å². The number of hydrogen-bond donors (Lipinski definition) is 1. The van der Waals surface area contributed by atoms with Gasteiger partial charge in [-0.1, -0.05) is 0 Å². The van der Waals surface area contributed by atoms with Crippen LogP contribution in [0.15, 0.2) is 63.8 Å². The van der Waals surface area contributed by atoms with Crippen LogP contribution < -0.4 is 15.1 Å². The quantitative estimate of drug-likeness (QED) is 0.515. The van der Waals surface area contributed by atoms with Crippen LogP contribution in [0.4, 0.5) is 5.69 Å². The molecule has 0 amide bonds. The number of carbonyl (C=O) groups is 1. The Labute approximate surface area is 155 Å². The van der Waals surface area contributed by atoms with Crippen LogP contribution >= 0.6 is 0 Å². The highest BCUT2D eigenvalue weighted by molar-refractivity contribution is 7.92. The van der Waals surface area contributed by atoms with E-state index in [0.29, 0.717) is 22.6 Å². The normalized spacial score (nSPS) is 12.5. The first-order valence-corrected chi connectivity index (χ1v) is 9.93. The molecule has 140 valence electrons. The first kappa shape index (κ1) is 18.7. The first-order valence-electron chi connectivity index (χ1n) is 8.04. The van der Waals surface area contributed by atoms with Gasteiger partial charge in [-0.3, -0.25) is 9.52 Å². The molecule has 1 aromatic heterocycles. The Morgan fingerprint density at radius 2 is 1.74 bits per heavy atom. The van der Waals surface area contributed by atoms with Gasteiger partial charge in [0.15, 0.2) is 6.10 Å². The maximum absolute atomic E-state index is 12.5. The zero-order chi connectivity index (χ0) is 19.6. The predicted octanol–water partition coefficient (Wildman–Crippen LogP) is 2.81. The number of hydrogen-bond acceptors (Lipinski definition) is 6. The number of rotatable bonds is 6. The second kappa shape index (κ2) is 7.24. The molecular formula is C19H17NO6S. The Bertz CT molecular complexity index is 1150. The number of sulfonamides is 1. The van der Waals surface area contributed by atoms with Gasteiger partial charge in [0.05, 0.1) is 6.26 Å². The molecule has 0 aliphatic rings. The fourth-order valence-corrected chi connectivity index (χ4v) is 3.09. The molecule has 8 heteroatoms. The smallest absolute Gasteiger partial charge is 0.336 e. The van der Waals surface area contributed by atoms with E-state index in [9.17, 15) is 18.0 Å². The van der Waals surface area contributed by atoms with Crippen molar-refractivity contribution in [2.45, 2.75) is 13.0 Å². The van der Waals surface area contributed by atoms with Crippen molar-refractivity contribution >= 4 is 32.5 Å². The van der Waals surface area contributed by atoms with Gasteiger partial charge in [0.1, 0.15) is 11.3 Å². The number of fused-ring (bicyclic) bond motifs is 1. The number of carbonyl (C=O) groups excluding carboxylic acids is 1. The summed E-state index contributed by atoms with van der Waals surface area (Å²) in [7, 11) is -3.38. The van der Waals surface area contributed by atoms with Crippen molar-refractivity contribution in [3.05, 3.63) is 70.6 Å². The summed E-state index contributed by atoms with van der Waals surface area (Å²) in [6, 6.07) is 14.0. The van der Waals surface area contributed by atoms with Gasteiger partial charge in [-0.25, -0.2) is 13.2 Å². The molecule has 0 saturated heterocycles. The standard InChI is InChI=1S/C19H17NO6S/c1-12(19(22)14-3-7-15(8-4-14)20-27(2,23)24)25-16-9-5-13-6-10-18(21)26-17(13)11-16/h3-12,20H,1-2H3/t12-/m1/s1. The Kier molecular flexibility index (Phi) is 5.00. The summed E-state index contributed by atoms with van der Waals surface area (Å²) in [5, 5.41) is 0.745. The largest absolute Gasteiger partial charge is 0.482 e. The predicted molar refractivity (Wildman–Crippen MR) is 102 cm³/mol. The van der Waals surface area contributed by atoms with Gasteiger partial charge >= 0.3 is 5.63 Å². The van der Waals surface area contributed by atoms with Crippen LogP contribution in [-0.2, 0) is 10.0 Å². The Morgan fingerprint density at radius 1 is 1.07 bits per heavy atom. The summed E-state index contributed by atoms with van der Waals surface area (Å²) < 4.78 is 35.5. The molecule has 2 aromatic carbocycles. The van der Waals surface area contributed by atoms with Gasteiger partial charge in [-0.05, 0) is 49.4 Å². The Hall–Kier alpha value is -3.13. The van der Waals surface area contributed by atoms with Crippen molar-refractivity contribution in [1.82, 2.24) is 0 Å². The molecule has 1 N–H and O–H groups in total. The highest BCUT2D eigenvalue weighted by Gasteiger charge is 2.17. The van der Waals surface area contributed by atoms with E-state index in [1.807, 2.05) is 0 Å². The van der Waals surface area contributed by atoms with Crippen LogP contribution in [0.25, 0.3) is 11.0 Å². The molecule has 0 fully saturated rings. The molecule has 0 radical (unpaired) electrons. The number of nitrogens with one attached hydrogen (secondary N) is 1. The van der Waals surface area contributed by atoms with E-state index in [1.54, 1.807) is 31.2 Å². The van der Waals surface area contributed by atoms with Crippen LogP contribution in [0.5, 0.6) is 5.75 Å². The van der Waals surface area contributed by atoms with E-state index < -0.39 is 21.8 Å². The number of anilines is 1. The lowest BCUT2D eigenvalue weighted by Crippen LogP contribution is -2.24. The minimum atomic E-state index is -3.38. The monoisotopic (exact) mass is 387 g/mol. The second-order valence-corrected chi connectivity index (χ2v) is 7.78. The summed E-state index contributed by atoms with van der Waals surface area (Å²) in [5.74, 6) is 0.128. The molecule has 0 aliphatic carbocycles. The molecule has 0 saturated carbocycles. The number of benzene rings is 2. The van der Waals surface area contributed by atoms with Crippen molar-refractivity contribution in [1.29, 1.82) is 0 Å². The van der Waals surface area contributed by atoms with Crippen molar-refractivity contribution in [3.63, 3.8) is 0 Å². The van der Waals surface area contributed by atoms with Gasteiger partial charge < -0.3 is 9.15 Å². The SMILES string of the molecule is C[C@@H](Oc1ccc2ccc(=O)oc2c1)C(=O)c1ccc(NS(C)(=O)=O)cc1. The highest BCUT2D eigenvalue weighted by Crippen LogP contribution is 2.21. The van der Waals surface area contributed by atoms with Crippen LogP contribution in [0.1, 0.15) is 17.3 Å². The molecular weight excluding hydrogens is 370 g/mol. The summed E-state index contributed by atoms with van der Waals surface area (Å²) >= 11 is 0. The lowest BCUT2D eigenvalue weighted by Gasteiger charge is -2.14. The van der Waals surface area contributed by atoms with E-state index in [1.165, 1.54) is 30.3 Å². The van der Waals surface area contributed by atoms with E-state index in [4.69, 9.17) is 9.15 Å². The van der Waals surface area contributed by atoms with Crippen molar-refractivity contribution in [2.75, 3.05) is 11.0 Å². The minimum absolute atomic E-state index is 0.268. The zero-order valence-corrected chi connectivity index (χ0v) is 15.4. The fourth-order valence-electron chi connectivity index (χ4n) is 2.52. The molecule has 3 aromatic rings. The summed E-state index contributed by atoms with van der Waals surface area (Å²) in [4.78, 5) is 23.8. The number of ketones is 1. The highest BCUT2D eigenvalue weighted by atomic mass is 32.2. The molecule has 0 unspecified atom stereocenters. The van der Waals surface area contributed by atoms with Gasteiger partial charge in [0, 0.05) is 28.8 Å². The van der Waals surface area contributed by atoms with Crippen molar-refractivity contribution in [2.24, 2.45) is 0 Å². The third-order valence-corrected chi connectivity index (χ3v) is 4.36. The number of ether oxygens (including phenoxy) is 1. The molecule has 1 heterocycles. The van der Waals surface area contributed by atoms with E-state index >= 15 is 0 Å². The van der Waals surface area contributed by atoms with Crippen molar-refractivity contribution in [3.8, 4) is 5.75 Å². The molecule has 7 nitrogen and oxygen atoms in total. The van der Waals surface area contributed by atoms with Crippen LogP contribution in [0, 0.1) is 0 Å².